The van der Waals surface area contributed by atoms with Gasteiger partial charge in [0.15, 0.2) is 0 Å². The molecule has 0 atom stereocenters. The molecule has 0 bridgehead atoms. The number of nitrogens with one attached hydrogen (secondary N) is 4. The number of amides is 3. The summed E-state index contributed by atoms with van der Waals surface area (Å²) in [4.78, 5) is 33.5. The van der Waals surface area contributed by atoms with E-state index in [1.807, 2.05) is 12.1 Å². The van der Waals surface area contributed by atoms with Crippen molar-refractivity contribution in [3.05, 3.63) is 89.1 Å². The van der Waals surface area contributed by atoms with Crippen LogP contribution in [0.2, 0.25) is 0 Å². The monoisotopic (exact) mass is 430 g/mol. The maximum absolute atomic E-state index is 12.6. The average Bonchev–Trinajstić information content (AvgIpc) is 2.83. The summed E-state index contributed by atoms with van der Waals surface area (Å²) in [5.41, 5.74) is 5.75. The van der Waals surface area contributed by atoms with Gasteiger partial charge in [-0.1, -0.05) is 24.3 Å². The fourth-order valence-electron chi connectivity index (χ4n) is 2.78. The Bertz CT molecular complexity index is 1130. The van der Waals surface area contributed by atoms with Gasteiger partial charge in [0.1, 0.15) is 5.82 Å². The van der Waals surface area contributed by atoms with Crippen molar-refractivity contribution in [2.24, 2.45) is 0 Å². The fourth-order valence-corrected chi connectivity index (χ4v) is 2.78. The Balaban J connectivity index is 1.58. The SMILES string of the molecule is CNC(=O)Nc1cc(CNc2ccccc2C(=O)NOCc2ccc(C#N)cc2)ccn1. The molecule has 1 aromatic heterocycles. The lowest BCUT2D eigenvalue weighted by Crippen LogP contribution is -2.25. The highest BCUT2D eigenvalue weighted by molar-refractivity contribution is 5.99. The number of benzene rings is 2. The first-order valence-electron chi connectivity index (χ1n) is 9.77. The predicted molar refractivity (Wildman–Crippen MR) is 119 cm³/mol. The number of para-hydroxylation sites is 1. The normalized spacial score (nSPS) is 10.0. The van der Waals surface area contributed by atoms with Crippen LogP contribution in [0.4, 0.5) is 16.3 Å². The quantitative estimate of drug-likeness (QED) is 0.406. The standard InChI is InChI=1S/C23H22N6O3/c1-25-23(31)28-21-12-18(10-11-26-21)14-27-20-5-3-2-4-19(20)22(30)29-32-15-17-8-6-16(13-24)7-9-17/h2-12,27H,14-15H2,1H3,(H,29,30)(H2,25,26,28,31). The molecule has 0 unspecified atom stereocenters. The van der Waals surface area contributed by atoms with Crippen molar-refractivity contribution in [2.75, 3.05) is 17.7 Å². The third-order valence-corrected chi connectivity index (χ3v) is 4.43. The number of nitrogens with zero attached hydrogens (tertiary/aromatic N) is 2. The van der Waals surface area contributed by atoms with Crippen LogP contribution in [0.5, 0.6) is 0 Å². The molecule has 9 heteroatoms. The average molecular weight is 430 g/mol. The lowest BCUT2D eigenvalue weighted by molar-refractivity contribution is 0.0234. The molecule has 0 spiro atoms. The van der Waals surface area contributed by atoms with E-state index in [1.165, 1.54) is 7.05 Å². The fraction of sp³-hybridized carbons (Fsp3) is 0.130. The summed E-state index contributed by atoms with van der Waals surface area (Å²) in [7, 11) is 1.52. The van der Waals surface area contributed by atoms with E-state index in [9.17, 15) is 9.59 Å². The number of aromatic nitrogens is 1. The molecule has 32 heavy (non-hydrogen) atoms. The Kier molecular flexibility index (Phi) is 7.73. The molecule has 9 nitrogen and oxygen atoms in total. The van der Waals surface area contributed by atoms with Crippen LogP contribution in [0, 0.1) is 11.3 Å². The maximum Gasteiger partial charge on any atom is 0.320 e. The van der Waals surface area contributed by atoms with E-state index in [0.717, 1.165) is 11.1 Å². The molecule has 0 radical (unpaired) electrons. The number of urea groups is 1. The van der Waals surface area contributed by atoms with Gasteiger partial charge in [-0.2, -0.15) is 5.26 Å². The zero-order valence-corrected chi connectivity index (χ0v) is 17.4. The lowest BCUT2D eigenvalue weighted by atomic mass is 10.1. The smallest absolute Gasteiger partial charge is 0.320 e. The number of hydrogen-bond acceptors (Lipinski definition) is 6. The van der Waals surface area contributed by atoms with Gasteiger partial charge in [-0.05, 0) is 47.5 Å². The van der Waals surface area contributed by atoms with Gasteiger partial charge in [0.25, 0.3) is 5.91 Å². The highest BCUT2D eigenvalue weighted by atomic mass is 16.6. The van der Waals surface area contributed by atoms with E-state index in [-0.39, 0.29) is 12.6 Å². The van der Waals surface area contributed by atoms with Crippen molar-refractivity contribution < 1.29 is 14.4 Å². The first kappa shape index (κ1) is 22.3. The number of nitriles is 1. The minimum Gasteiger partial charge on any atom is -0.380 e. The number of pyridine rings is 1. The zero-order valence-electron chi connectivity index (χ0n) is 17.4. The molecule has 0 fully saturated rings. The van der Waals surface area contributed by atoms with Crippen LogP contribution in [-0.2, 0) is 18.0 Å². The van der Waals surface area contributed by atoms with Crippen LogP contribution in [0.3, 0.4) is 0 Å². The van der Waals surface area contributed by atoms with Gasteiger partial charge in [-0.15, -0.1) is 0 Å². The predicted octanol–water partition coefficient (Wildman–Crippen LogP) is 3.18. The number of rotatable bonds is 8. The summed E-state index contributed by atoms with van der Waals surface area (Å²) in [6.07, 6.45) is 1.60. The summed E-state index contributed by atoms with van der Waals surface area (Å²) >= 11 is 0. The van der Waals surface area contributed by atoms with Crippen molar-refractivity contribution in [1.29, 1.82) is 5.26 Å². The molecule has 162 valence electrons. The Labute approximate surface area is 185 Å². The number of hydroxylamine groups is 1. The second-order valence-corrected chi connectivity index (χ2v) is 6.68. The Hall–Kier alpha value is -4.42. The van der Waals surface area contributed by atoms with E-state index in [4.69, 9.17) is 10.1 Å². The topological polar surface area (TPSA) is 128 Å². The van der Waals surface area contributed by atoms with E-state index in [1.54, 1.807) is 54.7 Å². The van der Waals surface area contributed by atoms with Gasteiger partial charge < -0.3 is 10.6 Å². The van der Waals surface area contributed by atoms with Crippen LogP contribution in [0.25, 0.3) is 0 Å². The summed E-state index contributed by atoms with van der Waals surface area (Å²) in [6.45, 7) is 0.590. The molecule has 0 aliphatic heterocycles. The van der Waals surface area contributed by atoms with Crippen LogP contribution < -0.4 is 21.4 Å². The Morgan fingerprint density at radius 2 is 1.84 bits per heavy atom. The van der Waals surface area contributed by atoms with Gasteiger partial charge in [-0.3, -0.25) is 14.9 Å². The number of carbonyl (C=O) groups is 2. The summed E-state index contributed by atoms with van der Waals surface area (Å²) < 4.78 is 0. The van der Waals surface area contributed by atoms with E-state index in [0.29, 0.717) is 29.2 Å². The molecule has 3 aromatic rings. The van der Waals surface area contributed by atoms with Gasteiger partial charge in [0.2, 0.25) is 0 Å². The van der Waals surface area contributed by atoms with E-state index < -0.39 is 5.91 Å². The molecule has 0 aliphatic rings. The third-order valence-electron chi connectivity index (χ3n) is 4.43. The van der Waals surface area contributed by atoms with Gasteiger partial charge in [-0.25, -0.2) is 15.3 Å². The minimum absolute atomic E-state index is 0.172. The molecule has 4 N–H and O–H groups in total. The second kappa shape index (κ2) is 11.1. The van der Waals surface area contributed by atoms with Gasteiger partial charge >= 0.3 is 6.03 Å². The maximum atomic E-state index is 12.6. The second-order valence-electron chi connectivity index (χ2n) is 6.68. The molecule has 2 aromatic carbocycles. The molecule has 1 heterocycles. The molecule has 0 saturated carbocycles. The molecular weight excluding hydrogens is 408 g/mol. The summed E-state index contributed by atoms with van der Waals surface area (Å²) in [5.74, 6) is 0.0318. The first-order chi connectivity index (χ1) is 15.6. The highest BCUT2D eigenvalue weighted by Crippen LogP contribution is 2.17. The van der Waals surface area contributed by atoms with E-state index in [2.05, 4.69) is 32.5 Å². The summed E-state index contributed by atoms with van der Waals surface area (Å²) in [6, 6.07) is 19.2. The van der Waals surface area contributed by atoms with Crippen LogP contribution in [-0.4, -0.2) is 24.0 Å². The van der Waals surface area contributed by atoms with Crippen LogP contribution in [0.15, 0.2) is 66.9 Å². The lowest BCUT2D eigenvalue weighted by Gasteiger charge is -2.13. The van der Waals surface area contributed by atoms with Crippen molar-refractivity contribution in [3.8, 4) is 6.07 Å². The molecule has 0 saturated heterocycles. The third kappa shape index (κ3) is 6.29. The van der Waals surface area contributed by atoms with Crippen molar-refractivity contribution in [1.82, 2.24) is 15.8 Å². The number of carbonyl (C=O) groups excluding carboxylic acids is 2. The van der Waals surface area contributed by atoms with Crippen LogP contribution in [0.1, 0.15) is 27.0 Å². The molecule has 3 rings (SSSR count). The van der Waals surface area contributed by atoms with Gasteiger partial charge in [0.05, 0.1) is 23.8 Å². The Morgan fingerprint density at radius 1 is 1.06 bits per heavy atom. The number of anilines is 2. The first-order valence-corrected chi connectivity index (χ1v) is 9.77. The van der Waals surface area contributed by atoms with Crippen molar-refractivity contribution in [3.63, 3.8) is 0 Å². The summed E-state index contributed by atoms with van der Waals surface area (Å²) in [5, 5.41) is 17.1. The van der Waals surface area contributed by atoms with E-state index >= 15 is 0 Å². The van der Waals surface area contributed by atoms with Crippen molar-refractivity contribution in [2.45, 2.75) is 13.2 Å². The highest BCUT2D eigenvalue weighted by Gasteiger charge is 2.11. The van der Waals surface area contributed by atoms with Crippen LogP contribution >= 0.6 is 0 Å². The molecule has 0 aliphatic carbocycles. The van der Waals surface area contributed by atoms with Gasteiger partial charge in [0, 0.05) is 25.5 Å². The van der Waals surface area contributed by atoms with Crippen molar-refractivity contribution >= 4 is 23.4 Å². The largest absolute Gasteiger partial charge is 0.380 e. The minimum atomic E-state index is -0.390. The zero-order chi connectivity index (χ0) is 22.8. The molecule has 3 amide bonds. The molecular formula is C23H22N6O3. The Morgan fingerprint density at radius 3 is 2.59 bits per heavy atom. The number of hydrogen-bond donors (Lipinski definition) is 4.